The number of sulfonamides is 1. The fraction of sp³-hybridized carbons (Fsp3) is 0.0909. The van der Waals surface area contributed by atoms with Crippen LogP contribution in [0.2, 0.25) is 0 Å². The van der Waals surface area contributed by atoms with Gasteiger partial charge in [-0.15, -0.1) is 11.3 Å². The van der Waals surface area contributed by atoms with Crippen LogP contribution in [0.4, 0.5) is 5.69 Å². The maximum atomic E-state index is 12.2. The number of hydrogen-bond acceptors (Lipinski definition) is 4. The third-order valence-electron chi connectivity index (χ3n) is 2.32. The molecule has 1 heterocycles. The van der Waals surface area contributed by atoms with Gasteiger partial charge < -0.3 is 5.73 Å². The molecule has 2 rings (SSSR count). The monoisotopic (exact) mass is 424 g/mol. The zero-order valence-corrected chi connectivity index (χ0v) is 14.4. The van der Waals surface area contributed by atoms with Crippen molar-refractivity contribution < 1.29 is 8.42 Å². The quantitative estimate of drug-likeness (QED) is 0.737. The number of hydrogen-bond donors (Lipinski definition) is 2. The van der Waals surface area contributed by atoms with E-state index in [0.29, 0.717) is 4.47 Å². The zero-order chi connectivity index (χ0) is 14.0. The molecular weight excluding hydrogens is 416 g/mol. The molecule has 3 N–H and O–H groups in total. The number of halogens is 2. The second-order valence-electron chi connectivity index (χ2n) is 3.74. The van der Waals surface area contributed by atoms with Crippen LogP contribution >= 0.6 is 43.2 Å². The summed E-state index contributed by atoms with van der Waals surface area (Å²) < 4.78 is 28.5. The summed E-state index contributed by atoms with van der Waals surface area (Å²) in [6.07, 6.45) is 0. The lowest BCUT2D eigenvalue weighted by Crippen LogP contribution is -2.23. The van der Waals surface area contributed by atoms with Gasteiger partial charge in [-0.3, -0.25) is 0 Å². The molecule has 0 fully saturated rings. The molecule has 0 aliphatic rings. The van der Waals surface area contributed by atoms with Gasteiger partial charge in [0.1, 0.15) is 4.90 Å². The topological polar surface area (TPSA) is 72.2 Å². The Hall–Kier alpha value is -0.410. The van der Waals surface area contributed by atoms with E-state index in [9.17, 15) is 8.42 Å². The first-order valence-electron chi connectivity index (χ1n) is 5.16. The van der Waals surface area contributed by atoms with E-state index in [-0.39, 0.29) is 17.1 Å². The highest BCUT2D eigenvalue weighted by atomic mass is 79.9. The van der Waals surface area contributed by atoms with Crippen LogP contribution < -0.4 is 10.5 Å². The zero-order valence-electron chi connectivity index (χ0n) is 9.56. The Morgan fingerprint density at radius 1 is 1.21 bits per heavy atom. The number of anilines is 1. The predicted octanol–water partition coefficient (Wildman–Crippen LogP) is 3.33. The fourth-order valence-corrected chi connectivity index (χ4v) is 4.59. The van der Waals surface area contributed by atoms with Crippen LogP contribution in [-0.4, -0.2) is 8.42 Å². The van der Waals surface area contributed by atoms with Crippen molar-refractivity contribution in [2.24, 2.45) is 0 Å². The minimum Gasteiger partial charge on any atom is -0.398 e. The molecule has 8 heteroatoms. The Balaban J connectivity index is 2.20. The lowest BCUT2D eigenvalue weighted by atomic mass is 10.3. The van der Waals surface area contributed by atoms with E-state index in [1.54, 1.807) is 12.1 Å². The molecule has 0 spiro atoms. The summed E-state index contributed by atoms with van der Waals surface area (Å²) in [6, 6.07) is 6.62. The number of nitrogen functional groups attached to an aromatic ring is 1. The molecule has 4 nitrogen and oxygen atoms in total. The maximum absolute atomic E-state index is 12.2. The summed E-state index contributed by atoms with van der Waals surface area (Å²) in [5, 5.41) is 1.90. The number of thiophene rings is 1. The third-order valence-corrected chi connectivity index (χ3v) is 5.97. The van der Waals surface area contributed by atoms with Crippen LogP contribution in [0.25, 0.3) is 0 Å². The molecule has 0 aliphatic carbocycles. The molecule has 19 heavy (non-hydrogen) atoms. The van der Waals surface area contributed by atoms with Gasteiger partial charge >= 0.3 is 0 Å². The van der Waals surface area contributed by atoms with Gasteiger partial charge in [0.25, 0.3) is 0 Å². The molecule has 0 aliphatic heterocycles. The molecule has 0 bridgehead atoms. The smallest absolute Gasteiger partial charge is 0.242 e. The molecule has 102 valence electrons. The number of nitrogens with two attached hydrogens (primary N) is 1. The van der Waals surface area contributed by atoms with Gasteiger partial charge in [0.15, 0.2) is 0 Å². The van der Waals surface area contributed by atoms with E-state index in [1.165, 1.54) is 17.4 Å². The molecule has 0 saturated heterocycles. The molecule has 0 unspecified atom stereocenters. The molecule has 0 amide bonds. The summed E-state index contributed by atoms with van der Waals surface area (Å²) in [7, 11) is -3.62. The van der Waals surface area contributed by atoms with Crippen molar-refractivity contribution in [3.8, 4) is 0 Å². The largest absolute Gasteiger partial charge is 0.398 e. The maximum Gasteiger partial charge on any atom is 0.242 e. The van der Waals surface area contributed by atoms with Crippen molar-refractivity contribution in [2.45, 2.75) is 11.4 Å². The van der Waals surface area contributed by atoms with Gasteiger partial charge in [-0.1, -0.05) is 15.9 Å². The molecule has 2 aromatic rings. The van der Waals surface area contributed by atoms with E-state index in [2.05, 4.69) is 36.6 Å². The van der Waals surface area contributed by atoms with Crippen LogP contribution in [-0.2, 0) is 16.6 Å². The van der Waals surface area contributed by atoms with Crippen molar-refractivity contribution >= 4 is 58.9 Å². The van der Waals surface area contributed by atoms with Crippen LogP contribution in [0.15, 0.2) is 43.5 Å². The first kappa shape index (κ1) is 15.0. The van der Waals surface area contributed by atoms with E-state index in [1.807, 2.05) is 11.4 Å². The first-order chi connectivity index (χ1) is 8.88. The van der Waals surface area contributed by atoms with Crippen molar-refractivity contribution in [1.29, 1.82) is 0 Å². The van der Waals surface area contributed by atoms with Crippen molar-refractivity contribution in [2.75, 3.05) is 5.73 Å². The fourth-order valence-electron chi connectivity index (χ4n) is 1.43. The summed E-state index contributed by atoms with van der Waals surface area (Å²) in [6.45, 7) is 0.241. The summed E-state index contributed by atoms with van der Waals surface area (Å²) in [5.74, 6) is 0. The highest BCUT2D eigenvalue weighted by molar-refractivity contribution is 9.10. The second-order valence-corrected chi connectivity index (χ2v) is 8.30. The highest BCUT2D eigenvalue weighted by Crippen LogP contribution is 2.24. The minimum atomic E-state index is -3.62. The van der Waals surface area contributed by atoms with Crippen molar-refractivity contribution in [3.63, 3.8) is 0 Å². The Bertz CT molecular complexity index is 698. The summed E-state index contributed by atoms with van der Waals surface area (Å²) in [5.41, 5.74) is 5.93. The number of nitrogens with one attached hydrogen (secondary N) is 1. The third kappa shape index (κ3) is 3.79. The van der Waals surface area contributed by atoms with E-state index in [0.717, 1.165) is 9.35 Å². The first-order valence-corrected chi connectivity index (χ1v) is 9.11. The number of benzene rings is 1. The van der Waals surface area contributed by atoms with Gasteiger partial charge in [0.05, 0.1) is 5.69 Å². The van der Waals surface area contributed by atoms with Gasteiger partial charge in [0.2, 0.25) is 10.0 Å². The molecule has 0 radical (unpaired) electrons. The van der Waals surface area contributed by atoms with Crippen LogP contribution in [0.3, 0.4) is 0 Å². The van der Waals surface area contributed by atoms with Gasteiger partial charge in [-0.25, -0.2) is 13.1 Å². The molecular formula is C11H10Br2N2O2S2. The Morgan fingerprint density at radius 2 is 1.95 bits per heavy atom. The predicted molar refractivity (Wildman–Crippen MR) is 84.6 cm³/mol. The molecule has 0 saturated carbocycles. The molecule has 1 aromatic carbocycles. The van der Waals surface area contributed by atoms with E-state index < -0.39 is 10.0 Å². The lowest BCUT2D eigenvalue weighted by molar-refractivity contribution is 0.582. The van der Waals surface area contributed by atoms with Crippen LogP contribution in [0, 0.1) is 0 Å². The minimum absolute atomic E-state index is 0.0810. The van der Waals surface area contributed by atoms with Gasteiger partial charge in [0, 0.05) is 25.7 Å². The average molecular weight is 426 g/mol. The highest BCUT2D eigenvalue weighted by Gasteiger charge is 2.17. The normalized spacial score (nSPS) is 11.7. The van der Waals surface area contributed by atoms with Crippen LogP contribution in [0.5, 0.6) is 0 Å². The standard InChI is InChI=1S/C11H10Br2N2O2S2/c12-7-1-2-10(14)11(4-7)19(16,17)15-5-9-3-8(13)6-18-9/h1-4,6,15H,5,14H2. The SMILES string of the molecule is Nc1ccc(Br)cc1S(=O)(=O)NCc1cc(Br)cs1. The summed E-state index contributed by atoms with van der Waals surface area (Å²) in [4.78, 5) is 1.00. The lowest BCUT2D eigenvalue weighted by Gasteiger charge is -2.08. The van der Waals surface area contributed by atoms with Gasteiger partial charge in [-0.05, 0) is 40.2 Å². The summed E-state index contributed by atoms with van der Waals surface area (Å²) >= 11 is 8.04. The van der Waals surface area contributed by atoms with E-state index >= 15 is 0 Å². The Kier molecular flexibility index (Phi) is 4.67. The van der Waals surface area contributed by atoms with Crippen LogP contribution in [0.1, 0.15) is 4.88 Å². The number of rotatable bonds is 4. The average Bonchev–Trinajstić information content (AvgIpc) is 2.76. The second kappa shape index (κ2) is 5.92. The van der Waals surface area contributed by atoms with Crippen molar-refractivity contribution in [3.05, 3.63) is 43.5 Å². The molecule has 0 atom stereocenters. The van der Waals surface area contributed by atoms with E-state index in [4.69, 9.17) is 5.73 Å². The molecule has 1 aromatic heterocycles. The Morgan fingerprint density at radius 3 is 2.58 bits per heavy atom. The van der Waals surface area contributed by atoms with Crippen molar-refractivity contribution in [1.82, 2.24) is 4.72 Å². The Labute approximate surface area is 132 Å². The van der Waals surface area contributed by atoms with Gasteiger partial charge in [-0.2, -0.15) is 0 Å².